The smallest absolute Gasteiger partial charge is 0.348 e. The summed E-state index contributed by atoms with van der Waals surface area (Å²) in [5.41, 5.74) is 0.959. The zero-order valence-corrected chi connectivity index (χ0v) is 11.2. The molecule has 0 radical (unpaired) electrons. The molecule has 0 unspecified atom stereocenters. The summed E-state index contributed by atoms with van der Waals surface area (Å²) in [6.45, 7) is -0.00531. The van der Waals surface area contributed by atoms with Crippen molar-refractivity contribution in [1.29, 1.82) is 0 Å². The fraction of sp³-hybridized carbons (Fsp3) is 0.333. The van der Waals surface area contributed by atoms with Gasteiger partial charge in [0.25, 0.3) is 0 Å². The Morgan fingerprint density at radius 1 is 1.40 bits per heavy atom. The minimum atomic E-state index is -4.81. The summed E-state index contributed by atoms with van der Waals surface area (Å²) in [5, 5.41) is 2.62. The maximum Gasteiger partial charge on any atom is 0.471 e. The van der Waals surface area contributed by atoms with E-state index in [-0.39, 0.29) is 6.54 Å². The molecule has 0 saturated carbocycles. The van der Waals surface area contributed by atoms with Gasteiger partial charge in [0.1, 0.15) is 0 Å². The van der Waals surface area contributed by atoms with E-state index in [0.717, 1.165) is 10.7 Å². The second-order valence-corrected chi connectivity index (χ2v) is 5.05. The Bertz CT molecular complexity index is 597. The van der Waals surface area contributed by atoms with Crippen molar-refractivity contribution < 1.29 is 18.0 Å². The summed E-state index contributed by atoms with van der Waals surface area (Å²) in [6.07, 6.45) is -0.773. The summed E-state index contributed by atoms with van der Waals surface area (Å²) in [6, 6.07) is 5.70. The fourth-order valence-electron chi connectivity index (χ4n) is 1.56. The zero-order valence-electron chi connectivity index (χ0n) is 10.4. The number of carbonyl (C=O) groups is 1. The van der Waals surface area contributed by atoms with Gasteiger partial charge in [-0.1, -0.05) is 17.8 Å². The lowest BCUT2D eigenvalue weighted by Crippen LogP contribution is -2.37. The van der Waals surface area contributed by atoms with E-state index >= 15 is 0 Å². The van der Waals surface area contributed by atoms with Crippen molar-refractivity contribution in [2.45, 2.75) is 17.8 Å². The third kappa shape index (κ3) is 3.66. The molecule has 0 aromatic carbocycles. The first-order valence-electron chi connectivity index (χ1n) is 5.88. The number of hydrogen-bond donors (Lipinski definition) is 1. The highest BCUT2D eigenvalue weighted by atomic mass is 32.2. The van der Waals surface area contributed by atoms with Crippen LogP contribution in [0.3, 0.4) is 0 Å². The van der Waals surface area contributed by atoms with Crippen molar-refractivity contribution >= 4 is 23.2 Å². The Hall–Kier alpha value is -1.70. The predicted octanol–water partition coefficient (Wildman–Crippen LogP) is 2.50. The molecule has 2 heterocycles. The van der Waals surface area contributed by atoms with Gasteiger partial charge in [-0.3, -0.25) is 9.20 Å². The zero-order chi connectivity index (χ0) is 14.6. The second kappa shape index (κ2) is 6.17. The lowest BCUT2D eigenvalue weighted by Gasteiger charge is -2.07. The summed E-state index contributed by atoms with van der Waals surface area (Å²) < 4.78 is 37.7. The number of nitrogens with one attached hydrogen (secondary N) is 1. The predicted molar refractivity (Wildman–Crippen MR) is 69.6 cm³/mol. The molecule has 0 atom stereocenters. The molecule has 1 amide bonds. The molecule has 0 spiro atoms. The minimum absolute atomic E-state index is 0.00531. The monoisotopic (exact) mass is 303 g/mol. The summed E-state index contributed by atoms with van der Waals surface area (Å²) in [7, 11) is 0. The van der Waals surface area contributed by atoms with Crippen molar-refractivity contribution in [2.75, 3.05) is 12.3 Å². The third-order valence-corrected chi connectivity index (χ3v) is 3.55. The second-order valence-electron chi connectivity index (χ2n) is 3.99. The average Bonchev–Trinajstić information content (AvgIpc) is 2.80. The normalized spacial score (nSPS) is 11.8. The molecule has 2 aromatic rings. The number of carbonyl (C=O) groups excluding carboxylic acids is 1. The Kier molecular flexibility index (Phi) is 4.53. The molecule has 0 bridgehead atoms. The van der Waals surface area contributed by atoms with E-state index in [1.807, 2.05) is 34.1 Å². The number of nitrogens with zero attached hydrogens (tertiary/aromatic N) is 2. The van der Waals surface area contributed by atoms with E-state index in [0.29, 0.717) is 12.2 Å². The van der Waals surface area contributed by atoms with Crippen LogP contribution in [-0.2, 0) is 4.79 Å². The number of fused-ring (bicyclic) bond motifs is 1. The van der Waals surface area contributed by atoms with Crippen molar-refractivity contribution in [1.82, 2.24) is 14.7 Å². The van der Waals surface area contributed by atoms with Gasteiger partial charge in [-0.05, 0) is 18.6 Å². The Balaban J connectivity index is 1.75. The van der Waals surface area contributed by atoms with Crippen LogP contribution in [-0.4, -0.2) is 33.8 Å². The van der Waals surface area contributed by atoms with Crippen molar-refractivity contribution in [3.8, 4) is 0 Å². The van der Waals surface area contributed by atoms with Crippen LogP contribution >= 0.6 is 11.8 Å². The van der Waals surface area contributed by atoms with Crippen LogP contribution in [0.15, 0.2) is 35.7 Å². The van der Waals surface area contributed by atoms with E-state index < -0.39 is 12.1 Å². The number of thioether (sulfide) groups is 1. The standard InChI is InChI=1S/C12H12F3N3OS/c13-12(14,15)10(19)16-5-3-7-20-11-17-8-9-4-1-2-6-18(9)11/h1-2,4,6,8H,3,5,7H2,(H,16,19). The molecular weight excluding hydrogens is 291 g/mol. The molecule has 0 aliphatic heterocycles. The number of imidazole rings is 1. The van der Waals surface area contributed by atoms with Gasteiger partial charge >= 0.3 is 12.1 Å². The lowest BCUT2D eigenvalue weighted by molar-refractivity contribution is -0.173. The van der Waals surface area contributed by atoms with E-state index in [1.54, 1.807) is 6.20 Å². The summed E-state index contributed by atoms with van der Waals surface area (Å²) in [4.78, 5) is 14.8. The number of aromatic nitrogens is 2. The van der Waals surface area contributed by atoms with Gasteiger partial charge in [0, 0.05) is 18.5 Å². The van der Waals surface area contributed by atoms with Gasteiger partial charge in [-0.25, -0.2) is 4.98 Å². The van der Waals surface area contributed by atoms with Crippen molar-refractivity contribution in [3.63, 3.8) is 0 Å². The summed E-state index contributed by atoms with van der Waals surface area (Å²) in [5.74, 6) is -1.32. The summed E-state index contributed by atoms with van der Waals surface area (Å²) >= 11 is 1.44. The van der Waals surface area contributed by atoms with Gasteiger partial charge in [0.05, 0.1) is 11.7 Å². The van der Waals surface area contributed by atoms with Gasteiger partial charge < -0.3 is 5.32 Å². The van der Waals surface area contributed by atoms with Gasteiger partial charge in [-0.2, -0.15) is 13.2 Å². The van der Waals surface area contributed by atoms with Crippen LogP contribution in [0, 0.1) is 0 Å². The highest BCUT2D eigenvalue weighted by Gasteiger charge is 2.38. The third-order valence-electron chi connectivity index (χ3n) is 2.50. The number of rotatable bonds is 5. The van der Waals surface area contributed by atoms with Gasteiger partial charge in [0.15, 0.2) is 5.16 Å². The SMILES string of the molecule is O=C(NCCCSc1ncc2ccccn12)C(F)(F)F. The van der Waals surface area contributed by atoms with E-state index in [1.165, 1.54) is 11.8 Å². The number of halogens is 3. The number of pyridine rings is 1. The van der Waals surface area contributed by atoms with Crippen LogP contribution < -0.4 is 5.32 Å². The molecule has 4 nitrogen and oxygen atoms in total. The molecule has 0 aliphatic rings. The molecule has 0 fully saturated rings. The van der Waals surface area contributed by atoms with Crippen LogP contribution in [0.4, 0.5) is 13.2 Å². The Labute approximate surface area is 117 Å². The lowest BCUT2D eigenvalue weighted by atomic mass is 10.4. The molecule has 8 heteroatoms. The fourth-order valence-corrected chi connectivity index (χ4v) is 2.47. The molecule has 1 N–H and O–H groups in total. The maximum atomic E-state index is 11.9. The number of alkyl halides is 3. The van der Waals surface area contributed by atoms with Crippen LogP contribution in [0.2, 0.25) is 0 Å². The molecule has 2 aromatic heterocycles. The Morgan fingerprint density at radius 3 is 2.95 bits per heavy atom. The van der Waals surface area contributed by atoms with Crippen molar-refractivity contribution in [2.24, 2.45) is 0 Å². The molecule has 108 valence electrons. The quantitative estimate of drug-likeness (QED) is 0.682. The maximum absolute atomic E-state index is 11.9. The number of amides is 1. The van der Waals surface area contributed by atoms with Gasteiger partial charge in [0.2, 0.25) is 0 Å². The van der Waals surface area contributed by atoms with E-state index in [4.69, 9.17) is 0 Å². The molecular formula is C12H12F3N3OS. The van der Waals surface area contributed by atoms with Crippen LogP contribution in [0.25, 0.3) is 5.52 Å². The van der Waals surface area contributed by atoms with E-state index in [9.17, 15) is 18.0 Å². The number of hydrogen-bond acceptors (Lipinski definition) is 3. The Morgan fingerprint density at radius 2 is 2.20 bits per heavy atom. The first-order chi connectivity index (χ1) is 9.48. The molecule has 0 saturated heterocycles. The first kappa shape index (κ1) is 14.7. The van der Waals surface area contributed by atoms with Crippen molar-refractivity contribution in [3.05, 3.63) is 30.6 Å². The molecule has 0 aliphatic carbocycles. The highest BCUT2D eigenvalue weighted by Crippen LogP contribution is 2.19. The average molecular weight is 303 g/mol. The minimum Gasteiger partial charge on any atom is -0.348 e. The van der Waals surface area contributed by atoms with E-state index in [2.05, 4.69) is 4.98 Å². The first-order valence-corrected chi connectivity index (χ1v) is 6.87. The largest absolute Gasteiger partial charge is 0.471 e. The topological polar surface area (TPSA) is 46.4 Å². The molecule has 20 heavy (non-hydrogen) atoms. The molecule has 2 rings (SSSR count). The van der Waals surface area contributed by atoms with Crippen LogP contribution in [0.5, 0.6) is 0 Å². The van der Waals surface area contributed by atoms with Crippen LogP contribution in [0.1, 0.15) is 6.42 Å². The van der Waals surface area contributed by atoms with Gasteiger partial charge in [-0.15, -0.1) is 0 Å². The highest BCUT2D eigenvalue weighted by molar-refractivity contribution is 7.99.